The highest BCUT2D eigenvalue weighted by Gasteiger charge is 2.35. The molecule has 0 radical (unpaired) electrons. The topological polar surface area (TPSA) is 93.1 Å². The summed E-state index contributed by atoms with van der Waals surface area (Å²) in [4.78, 5) is 13.7. The summed E-state index contributed by atoms with van der Waals surface area (Å²) in [5, 5.41) is 9.67. The Hall–Kier alpha value is -1.80. The van der Waals surface area contributed by atoms with Crippen molar-refractivity contribution < 1.29 is 27.2 Å². The van der Waals surface area contributed by atoms with Crippen molar-refractivity contribution in [3.63, 3.8) is 0 Å². The Morgan fingerprint density at radius 3 is 2.61 bits per heavy atom. The minimum Gasteiger partial charge on any atom is -0.508 e. The third-order valence-corrected chi connectivity index (χ3v) is 3.81. The highest BCUT2D eigenvalue weighted by molar-refractivity contribution is 7.85. The Kier molecular flexibility index (Phi) is 4.59. The molecule has 0 aromatic heterocycles. The number of aromatic hydroxyl groups is 1. The molecule has 1 aliphatic heterocycles. The van der Waals surface area contributed by atoms with Gasteiger partial charge in [-0.3, -0.25) is 9.08 Å². The number of carbonyl (C=O) groups is 1. The van der Waals surface area contributed by atoms with Crippen LogP contribution in [-0.2, 0) is 19.0 Å². The van der Waals surface area contributed by atoms with E-state index >= 15 is 0 Å². The fraction of sp³-hybridized carbons (Fsp3) is 0.533. The molecule has 1 atom stereocenters. The summed E-state index contributed by atoms with van der Waals surface area (Å²) < 4.78 is 32.6. The summed E-state index contributed by atoms with van der Waals surface area (Å²) in [5.41, 5.74) is 0.578. The zero-order valence-corrected chi connectivity index (χ0v) is 14.4. The van der Waals surface area contributed by atoms with E-state index in [4.69, 9.17) is 8.92 Å². The molecule has 128 valence electrons. The summed E-state index contributed by atoms with van der Waals surface area (Å²) >= 11 is 0. The highest BCUT2D eigenvalue weighted by atomic mass is 32.2. The minimum atomic E-state index is -3.57. The van der Waals surface area contributed by atoms with Crippen LogP contribution < -0.4 is 4.90 Å². The zero-order chi connectivity index (χ0) is 17.4. The second kappa shape index (κ2) is 6.01. The SMILES string of the molecule is CC(C)(C)OC(=O)N1C[C@H](COS(C)(=O)=O)c2ccc(O)cc21. The first-order valence-electron chi connectivity index (χ1n) is 7.14. The number of amides is 1. The second-order valence-electron chi connectivity index (χ2n) is 6.52. The van der Waals surface area contributed by atoms with E-state index in [0.29, 0.717) is 5.69 Å². The average Bonchev–Trinajstić information content (AvgIpc) is 2.71. The molecule has 1 amide bonds. The molecule has 23 heavy (non-hydrogen) atoms. The lowest BCUT2D eigenvalue weighted by atomic mass is 10.0. The highest BCUT2D eigenvalue weighted by Crippen LogP contribution is 2.39. The van der Waals surface area contributed by atoms with Gasteiger partial charge in [0.15, 0.2) is 0 Å². The average molecular weight is 343 g/mol. The van der Waals surface area contributed by atoms with Gasteiger partial charge in [0.1, 0.15) is 11.4 Å². The molecule has 1 aromatic rings. The Balaban J connectivity index is 2.27. The van der Waals surface area contributed by atoms with Crippen LogP contribution in [-0.4, -0.2) is 44.6 Å². The molecule has 1 heterocycles. The fourth-order valence-electron chi connectivity index (χ4n) is 2.37. The Bertz CT molecular complexity index is 707. The van der Waals surface area contributed by atoms with Crippen molar-refractivity contribution in [1.82, 2.24) is 0 Å². The first-order chi connectivity index (χ1) is 10.5. The number of benzene rings is 1. The number of carbonyl (C=O) groups excluding carboxylic acids is 1. The van der Waals surface area contributed by atoms with E-state index < -0.39 is 21.8 Å². The van der Waals surface area contributed by atoms with Crippen molar-refractivity contribution in [3.8, 4) is 5.75 Å². The van der Waals surface area contributed by atoms with Crippen LogP contribution >= 0.6 is 0 Å². The number of phenolic OH excluding ortho intramolecular Hbond substituents is 1. The predicted octanol–water partition coefficient (Wildman–Crippen LogP) is 2.21. The Morgan fingerprint density at radius 2 is 2.04 bits per heavy atom. The number of fused-ring (bicyclic) bond motifs is 1. The van der Waals surface area contributed by atoms with Gasteiger partial charge in [0.05, 0.1) is 18.6 Å². The third-order valence-electron chi connectivity index (χ3n) is 3.24. The largest absolute Gasteiger partial charge is 0.508 e. The van der Waals surface area contributed by atoms with Crippen molar-refractivity contribution in [3.05, 3.63) is 23.8 Å². The smallest absolute Gasteiger partial charge is 0.414 e. The summed E-state index contributed by atoms with van der Waals surface area (Å²) in [5.74, 6) is -0.296. The van der Waals surface area contributed by atoms with Gasteiger partial charge in [-0.25, -0.2) is 4.79 Å². The maximum absolute atomic E-state index is 12.3. The monoisotopic (exact) mass is 343 g/mol. The van der Waals surface area contributed by atoms with Crippen LogP contribution in [0.5, 0.6) is 5.75 Å². The van der Waals surface area contributed by atoms with E-state index in [1.165, 1.54) is 17.0 Å². The van der Waals surface area contributed by atoms with Gasteiger partial charge < -0.3 is 9.84 Å². The van der Waals surface area contributed by atoms with E-state index in [1.54, 1.807) is 26.8 Å². The number of hydrogen-bond donors (Lipinski definition) is 1. The van der Waals surface area contributed by atoms with Gasteiger partial charge in [-0.05, 0) is 32.4 Å². The molecule has 1 N–H and O–H groups in total. The number of nitrogens with zero attached hydrogens (tertiary/aromatic N) is 1. The maximum Gasteiger partial charge on any atom is 0.414 e. The van der Waals surface area contributed by atoms with Crippen LogP contribution in [0.4, 0.5) is 10.5 Å². The van der Waals surface area contributed by atoms with Crippen LogP contribution in [0.25, 0.3) is 0 Å². The second-order valence-corrected chi connectivity index (χ2v) is 8.16. The van der Waals surface area contributed by atoms with Gasteiger partial charge in [-0.15, -0.1) is 0 Å². The van der Waals surface area contributed by atoms with Crippen LogP contribution in [0.3, 0.4) is 0 Å². The van der Waals surface area contributed by atoms with Gasteiger partial charge in [-0.2, -0.15) is 8.42 Å². The lowest BCUT2D eigenvalue weighted by Gasteiger charge is -2.25. The number of hydrogen-bond acceptors (Lipinski definition) is 6. The third kappa shape index (κ3) is 4.59. The normalized spacial score (nSPS) is 17.9. The van der Waals surface area contributed by atoms with Crippen LogP contribution in [0.15, 0.2) is 18.2 Å². The zero-order valence-electron chi connectivity index (χ0n) is 13.6. The van der Waals surface area contributed by atoms with Gasteiger partial charge >= 0.3 is 6.09 Å². The number of ether oxygens (including phenoxy) is 1. The minimum absolute atomic E-state index is 0.0157. The van der Waals surface area contributed by atoms with E-state index in [-0.39, 0.29) is 24.8 Å². The summed E-state index contributed by atoms with van der Waals surface area (Å²) in [7, 11) is -3.57. The van der Waals surface area contributed by atoms with Gasteiger partial charge in [0, 0.05) is 18.5 Å². The molecule has 0 spiro atoms. The molecule has 0 bridgehead atoms. The molecular formula is C15H21NO6S. The number of rotatable bonds is 3. The summed E-state index contributed by atoms with van der Waals surface area (Å²) in [6.07, 6.45) is 0.428. The van der Waals surface area contributed by atoms with E-state index in [9.17, 15) is 18.3 Å². The first kappa shape index (κ1) is 17.6. The Morgan fingerprint density at radius 1 is 1.39 bits per heavy atom. The Labute approximate surface area is 135 Å². The molecule has 8 heteroatoms. The van der Waals surface area contributed by atoms with Gasteiger partial charge in [0.25, 0.3) is 10.1 Å². The number of anilines is 1. The molecule has 0 fully saturated rings. The van der Waals surface area contributed by atoms with E-state index in [1.807, 2.05) is 0 Å². The maximum atomic E-state index is 12.3. The summed E-state index contributed by atoms with van der Waals surface area (Å²) in [6, 6.07) is 4.61. The van der Waals surface area contributed by atoms with Gasteiger partial charge in [0.2, 0.25) is 0 Å². The molecule has 7 nitrogen and oxygen atoms in total. The van der Waals surface area contributed by atoms with Crippen molar-refractivity contribution in [1.29, 1.82) is 0 Å². The van der Waals surface area contributed by atoms with Crippen LogP contribution in [0.1, 0.15) is 32.3 Å². The van der Waals surface area contributed by atoms with Crippen LogP contribution in [0, 0.1) is 0 Å². The molecule has 1 aliphatic rings. The van der Waals surface area contributed by atoms with Crippen LogP contribution in [0.2, 0.25) is 0 Å². The fourth-order valence-corrected chi connectivity index (χ4v) is 2.78. The lowest BCUT2D eigenvalue weighted by Crippen LogP contribution is -2.36. The van der Waals surface area contributed by atoms with Crippen molar-refractivity contribution in [2.75, 3.05) is 24.3 Å². The standard InChI is InChI=1S/C15H21NO6S/c1-15(2,3)22-14(18)16-8-10(9-21-23(4,19)20)12-6-5-11(17)7-13(12)16/h5-7,10,17H,8-9H2,1-4H3/t10-/m1/s1. The van der Waals surface area contributed by atoms with E-state index in [2.05, 4.69) is 0 Å². The van der Waals surface area contributed by atoms with Crippen molar-refractivity contribution >= 4 is 21.9 Å². The molecule has 0 unspecified atom stereocenters. The quantitative estimate of drug-likeness (QED) is 0.846. The van der Waals surface area contributed by atoms with Gasteiger partial charge in [-0.1, -0.05) is 6.07 Å². The molecular weight excluding hydrogens is 322 g/mol. The summed E-state index contributed by atoms with van der Waals surface area (Å²) in [6.45, 7) is 5.43. The molecule has 0 saturated carbocycles. The van der Waals surface area contributed by atoms with E-state index in [0.717, 1.165) is 11.8 Å². The molecule has 2 rings (SSSR count). The lowest BCUT2D eigenvalue weighted by molar-refractivity contribution is 0.0581. The van der Waals surface area contributed by atoms with Crippen molar-refractivity contribution in [2.24, 2.45) is 0 Å². The predicted molar refractivity (Wildman–Crippen MR) is 85.2 cm³/mol. The van der Waals surface area contributed by atoms with Crippen molar-refractivity contribution in [2.45, 2.75) is 32.3 Å². The molecule has 0 aliphatic carbocycles. The molecule has 1 aromatic carbocycles. The first-order valence-corrected chi connectivity index (χ1v) is 8.96. The number of phenols is 1. The molecule has 0 saturated heterocycles.